The van der Waals surface area contributed by atoms with Gasteiger partial charge >= 0.3 is 5.97 Å². The summed E-state index contributed by atoms with van der Waals surface area (Å²) < 4.78 is 0. The maximum Gasteiger partial charge on any atom is 0.328 e. The number of carboxylic acid groups (broad SMARTS) is 1. The number of halogens is 2. The molecule has 0 radical (unpaired) electrons. The lowest BCUT2D eigenvalue weighted by molar-refractivity contribution is -0.141. The summed E-state index contributed by atoms with van der Waals surface area (Å²) >= 11 is 11.3. The van der Waals surface area contributed by atoms with Crippen molar-refractivity contribution in [2.75, 3.05) is 0 Å². The molecular formula is C10H10Cl2N2O4. The van der Waals surface area contributed by atoms with Crippen LogP contribution in [0.3, 0.4) is 0 Å². The maximum atomic E-state index is 11.7. The summed E-state index contributed by atoms with van der Waals surface area (Å²) in [6, 6.07) is 1.31. The number of carbonyl (C=O) groups excluding carboxylic acids is 1. The number of hydrogen-bond acceptors (Lipinski definition) is 4. The normalized spacial score (nSPS) is 13.8. The third-order valence-corrected chi connectivity index (χ3v) is 2.58. The van der Waals surface area contributed by atoms with Crippen molar-refractivity contribution in [2.24, 2.45) is 0 Å². The van der Waals surface area contributed by atoms with Gasteiger partial charge in [-0.1, -0.05) is 23.2 Å². The molecule has 18 heavy (non-hydrogen) atoms. The second-order valence-corrected chi connectivity index (χ2v) is 4.29. The highest BCUT2D eigenvalue weighted by Crippen LogP contribution is 2.16. The Balaban J connectivity index is 2.94. The van der Waals surface area contributed by atoms with Crippen molar-refractivity contribution < 1.29 is 19.8 Å². The molecule has 0 aromatic carbocycles. The Morgan fingerprint density at radius 1 is 1.39 bits per heavy atom. The molecule has 0 aliphatic rings. The van der Waals surface area contributed by atoms with Crippen LogP contribution in [0.5, 0.6) is 0 Å². The van der Waals surface area contributed by atoms with E-state index in [1.54, 1.807) is 0 Å². The average molecular weight is 293 g/mol. The molecule has 1 aromatic heterocycles. The summed E-state index contributed by atoms with van der Waals surface area (Å²) in [5.41, 5.74) is -0.198. The molecule has 1 rings (SSSR count). The molecule has 0 aliphatic carbocycles. The van der Waals surface area contributed by atoms with E-state index in [4.69, 9.17) is 28.3 Å². The molecule has 0 bridgehead atoms. The Morgan fingerprint density at radius 2 is 2.00 bits per heavy atom. The summed E-state index contributed by atoms with van der Waals surface area (Å²) in [4.78, 5) is 26.2. The van der Waals surface area contributed by atoms with Gasteiger partial charge in [0, 0.05) is 0 Å². The molecule has 2 unspecified atom stereocenters. The van der Waals surface area contributed by atoms with Crippen molar-refractivity contribution in [3.05, 3.63) is 28.0 Å². The molecule has 0 aliphatic heterocycles. The summed E-state index contributed by atoms with van der Waals surface area (Å²) in [5.74, 6) is -2.19. The van der Waals surface area contributed by atoms with Crippen molar-refractivity contribution >= 4 is 35.1 Å². The molecule has 0 saturated carbocycles. The van der Waals surface area contributed by atoms with Crippen molar-refractivity contribution in [2.45, 2.75) is 19.1 Å². The van der Waals surface area contributed by atoms with E-state index in [1.165, 1.54) is 19.1 Å². The summed E-state index contributed by atoms with van der Waals surface area (Å²) in [7, 11) is 0. The zero-order valence-electron chi connectivity index (χ0n) is 9.22. The largest absolute Gasteiger partial charge is 0.480 e. The Hall–Kier alpha value is -1.37. The molecule has 1 aromatic rings. The van der Waals surface area contributed by atoms with E-state index >= 15 is 0 Å². The van der Waals surface area contributed by atoms with Crippen molar-refractivity contribution in [1.29, 1.82) is 0 Å². The molecular weight excluding hydrogens is 283 g/mol. The fraction of sp³-hybridized carbons (Fsp3) is 0.300. The van der Waals surface area contributed by atoms with Crippen LogP contribution < -0.4 is 5.32 Å². The van der Waals surface area contributed by atoms with Gasteiger partial charge in [0.05, 0.1) is 11.1 Å². The summed E-state index contributed by atoms with van der Waals surface area (Å²) in [6.07, 6.45) is -1.26. The molecule has 98 valence electrons. The van der Waals surface area contributed by atoms with Gasteiger partial charge in [0.2, 0.25) is 0 Å². The first-order valence-electron chi connectivity index (χ1n) is 4.86. The Bertz CT molecular complexity index is 479. The van der Waals surface area contributed by atoms with E-state index in [0.29, 0.717) is 0 Å². The molecule has 1 heterocycles. The lowest BCUT2D eigenvalue weighted by Crippen LogP contribution is -2.47. The SMILES string of the molecule is CC(O)C(NC(=O)c1nc(Cl)ccc1Cl)C(=O)O. The maximum absolute atomic E-state index is 11.7. The van der Waals surface area contributed by atoms with Gasteiger partial charge < -0.3 is 15.5 Å². The Morgan fingerprint density at radius 3 is 2.50 bits per heavy atom. The van der Waals surface area contributed by atoms with Crippen LogP contribution in [0, 0.1) is 0 Å². The van der Waals surface area contributed by atoms with Gasteiger partial charge in [0.25, 0.3) is 5.91 Å². The van der Waals surface area contributed by atoms with Gasteiger partial charge in [-0.2, -0.15) is 0 Å². The van der Waals surface area contributed by atoms with Gasteiger partial charge in [0.1, 0.15) is 10.8 Å². The highest BCUT2D eigenvalue weighted by Gasteiger charge is 2.26. The highest BCUT2D eigenvalue weighted by atomic mass is 35.5. The van der Waals surface area contributed by atoms with E-state index in [-0.39, 0.29) is 15.9 Å². The third-order valence-electron chi connectivity index (χ3n) is 2.06. The first kappa shape index (κ1) is 14.7. The van der Waals surface area contributed by atoms with Crippen LogP contribution in [-0.4, -0.2) is 39.2 Å². The van der Waals surface area contributed by atoms with Crippen molar-refractivity contribution in [3.8, 4) is 0 Å². The minimum Gasteiger partial charge on any atom is -0.480 e. The number of aromatic nitrogens is 1. The average Bonchev–Trinajstić information content (AvgIpc) is 2.28. The minimum absolute atomic E-state index is 0.0339. The number of aliphatic hydroxyl groups is 1. The lowest BCUT2D eigenvalue weighted by atomic mass is 10.2. The number of aliphatic carboxylic acids is 1. The molecule has 0 spiro atoms. The number of amides is 1. The molecule has 2 atom stereocenters. The third kappa shape index (κ3) is 3.56. The van der Waals surface area contributed by atoms with Gasteiger partial charge in [-0.25, -0.2) is 9.78 Å². The van der Waals surface area contributed by atoms with Crippen LogP contribution in [0.25, 0.3) is 0 Å². The standard InChI is InChI=1S/C10H10Cl2N2O4/c1-4(15)7(10(17)18)14-9(16)8-5(11)2-3-6(12)13-8/h2-4,7,15H,1H3,(H,14,16)(H,17,18). The van der Waals surface area contributed by atoms with Crippen molar-refractivity contribution in [3.63, 3.8) is 0 Å². The van der Waals surface area contributed by atoms with Gasteiger partial charge in [-0.3, -0.25) is 4.79 Å². The van der Waals surface area contributed by atoms with E-state index < -0.39 is 24.0 Å². The fourth-order valence-corrected chi connectivity index (χ4v) is 1.51. The smallest absolute Gasteiger partial charge is 0.328 e. The van der Waals surface area contributed by atoms with Gasteiger partial charge in [-0.15, -0.1) is 0 Å². The molecule has 0 saturated heterocycles. The molecule has 3 N–H and O–H groups in total. The summed E-state index contributed by atoms with van der Waals surface area (Å²) in [5, 5.41) is 20.2. The monoisotopic (exact) mass is 292 g/mol. The van der Waals surface area contributed by atoms with Crippen molar-refractivity contribution in [1.82, 2.24) is 10.3 Å². The second kappa shape index (κ2) is 5.99. The Labute approximate surface area is 113 Å². The zero-order valence-corrected chi connectivity index (χ0v) is 10.7. The number of carbonyl (C=O) groups is 2. The predicted octanol–water partition coefficient (Wildman–Crippen LogP) is 0.952. The number of hydrogen-bond donors (Lipinski definition) is 3. The number of aliphatic hydroxyl groups excluding tert-OH is 1. The first-order valence-corrected chi connectivity index (χ1v) is 5.62. The predicted molar refractivity (Wildman–Crippen MR) is 64.8 cm³/mol. The molecule has 1 amide bonds. The van der Waals surface area contributed by atoms with Crippen LogP contribution in [0.4, 0.5) is 0 Å². The molecule has 8 heteroatoms. The van der Waals surface area contributed by atoms with Crippen LogP contribution in [0.2, 0.25) is 10.2 Å². The van der Waals surface area contributed by atoms with Crippen LogP contribution >= 0.6 is 23.2 Å². The number of nitrogens with one attached hydrogen (secondary N) is 1. The Kier molecular flexibility index (Phi) is 4.89. The van der Waals surface area contributed by atoms with E-state index in [1.807, 2.05) is 0 Å². The number of pyridine rings is 1. The fourth-order valence-electron chi connectivity index (χ4n) is 1.18. The zero-order chi connectivity index (χ0) is 13.9. The lowest BCUT2D eigenvalue weighted by Gasteiger charge is -2.17. The van der Waals surface area contributed by atoms with Crippen LogP contribution in [-0.2, 0) is 4.79 Å². The van der Waals surface area contributed by atoms with Gasteiger partial charge in [0.15, 0.2) is 6.04 Å². The minimum atomic E-state index is -1.45. The summed E-state index contributed by atoms with van der Waals surface area (Å²) in [6.45, 7) is 1.24. The first-order chi connectivity index (χ1) is 8.32. The van der Waals surface area contributed by atoms with Crippen LogP contribution in [0.1, 0.15) is 17.4 Å². The number of carboxylic acids is 1. The van der Waals surface area contributed by atoms with E-state index in [2.05, 4.69) is 10.3 Å². The van der Waals surface area contributed by atoms with Crippen LogP contribution in [0.15, 0.2) is 12.1 Å². The van der Waals surface area contributed by atoms with Gasteiger partial charge in [-0.05, 0) is 19.1 Å². The molecule has 0 fully saturated rings. The van der Waals surface area contributed by atoms with E-state index in [9.17, 15) is 14.7 Å². The van der Waals surface area contributed by atoms with E-state index in [0.717, 1.165) is 0 Å². The number of rotatable bonds is 4. The topological polar surface area (TPSA) is 99.5 Å². The highest BCUT2D eigenvalue weighted by molar-refractivity contribution is 6.34. The number of nitrogens with zero attached hydrogens (tertiary/aromatic N) is 1. The molecule has 6 nitrogen and oxygen atoms in total. The quantitative estimate of drug-likeness (QED) is 0.718. The second-order valence-electron chi connectivity index (χ2n) is 3.49.